The molecular weight excluding hydrogens is 312 g/mol. The Balaban J connectivity index is 2.07. The third-order valence-corrected chi connectivity index (χ3v) is 4.04. The van der Waals surface area contributed by atoms with Gasteiger partial charge in [0, 0.05) is 16.1 Å². The van der Waals surface area contributed by atoms with E-state index in [-0.39, 0.29) is 6.04 Å². The average Bonchev–Trinajstić information content (AvgIpc) is 2.48. The van der Waals surface area contributed by atoms with Gasteiger partial charge in [0.1, 0.15) is 0 Å². The molecule has 0 spiro atoms. The number of nitrogens with zero attached hydrogens (tertiary/aromatic N) is 1. The minimum Gasteiger partial charge on any atom is -0.320 e. The highest BCUT2D eigenvalue weighted by atomic mass is 79.9. The van der Waals surface area contributed by atoms with E-state index in [0.717, 1.165) is 26.5 Å². The van der Waals surface area contributed by atoms with Crippen molar-refractivity contribution in [2.75, 3.05) is 0 Å². The summed E-state index contributed by atoms with van der Waals surface area (Å²) < 4.78 is 1.04. The lowest BCUT2D eigenvalue weighted by molar-refractivity contribution is 0.856. The molecule has 1 heterocycles. The van der Waals surface area contributed by atoms with Crippen molar-refractivity contribution in [3.8, 4) is 0 Å². The predicted octanol–water partition coefficient (Wildman–Crippen LogP) is 4.35. The Morgan fingerprint density at radius 1 is 1.10 bits per heavy atom. The summed E-state index contributed by atoms with van der Waals surface area (Å²) >= 11 is 3.51. The SMILES string of the molecule is Cc1ccc(Br)cc1C(N)c1cnc2ccccc2c1. The number of para-hydroxylation sites is 1. The third-order valence-electron chi connectivity index (χ3n) is 3.55. The van der Waals surface area contributed by atoms with Gasteiger partial charge in [-0.3, -0.25) is 4.98 Å². The van der Waals surface area contributed by atoms with Crippen LogP contribution in [0.25, 0.3) is 10.9 Å². The summed E-state index contributed by atoms with van der Waals surface area (Å²) in [4.78, 5) is 4.49. The smallest absolute Gasteiger partial charge is 0.0702 e. The Bertz CT molecular complexity index is 768. The van der Waals surface area contributed by atoms with Crippen LogP contribution in [-0.2, 0) is 0 Å². The van der Waals surface area contributed by atoms with Gasteiger partial charge in [0.2, 0.25) is 0 Å². The molecule has 0 radical (unpaired) electrons. The van der Waals surface area contributed by atoms with Crippen LogP contribution in [0.2, 0.25) is 0 Å². The van der Waals surface area contributed by atoms with Crippen molar-refractivity contribution in [1.82, 2.24) is 4.98 Å². The molecule has 0 aliphatic rings. The maximum atomic E-state index is 6.42. The summed E-state index contributed by atoms with van der Waals surface area (Å²) in [6, 6.07) is 16.2. The number of aryl methyl sites for hydroxylation is 1. The summed E-state index contributed by atoms with van der Waals surface area (Å²) in [5, 5.41) is 1.12. The summed E-state index contributed by atoms with van der Waals surface area (Å²) in [6.45, 7) is 2.08. The molecular formula is C17H15BrN2. The first-order valence-corrected chi connectivity index (χ1v) is 7.31. The first-order valence-electron chi connectivity index (χ1n) is 6.51. The van der Waals surface area contributed by atoms with Gasteiger partial charge in [-0.25, -0.2) is 0 Å². The van der Waals surface area contributed by atoms with Crippen molar-refractivity contribution < 1.29 is 0 Å². The molecule has 1 atom stereocenters. The molecule has 2 N–H and O–H groups in total. The number of rotatable bonds is 2. The Labute approximate surface area is 126 Å². The van der Waals surface area contributed by atoms with Gasteiger partial charge in [-0.2, -0.15) is 0 Å². The number of pyridine rings is 1. The van der Waals surface area contributed by atoms with Gasteiger partial charge in [0.05, 0.1) is 11.6 Å². The van der Waals surface area contributed by atoms with Gasteiger partial charge < -0.3 is 5.73 Å². The van der Waals surface area contributed by atoms with Crippen LogP contribution in [0.15, 0.2) is 59.2 Å². The van der Waals surface area contributed by atoms with Gasteiger partial charge >= 0.3 is 0 Å². The minimum absolute atomic E-state index is 0.162. The summed E-state index contributed by atoms with van der Waals surface area (Å²) in [6.07, 6.45) is 1.87. The fourth-order valence-electron chi connectivity index (χ4n) is 2.38. The third kappa shape index (κ3) is 2.47. The lowest BCUT2D eigenvalue weighted by Crippen LogP contribution is -2.13. The second-order valence-corrected chi connectivity index (χ2v) is 5.86. The normalized spacial score (nSPS) is 12.6. The van der Waals surface area contributed by atoms with E-state index in [1.54, 1.807) is 0 Å². The highest BCUT2D eigenvalue weighted by Crippen LogP contribution is 2.27. The van der Waals surface area contributed by atoms with Crippen LogP contribution in [0.4, 0.5) is 0 Å². The largest absolute Gasteiger partial charge is 0.320 e. The van der Waals surface area contributed by atoms with Gasteiger partial charge in [-0.05, 0) is 47.9 Å². The average molecular weight is 327 g/mol. The van der Waals surface area contributed by atoms with Crippen LogP contribution < -0.4 is 5.73 Å². The zero-order chi connectivity index (χ0) is 14.1. The number of nitrogens with two attached hydrogens (primary N) is 1. The quantitative estimate of drug-likeness (QED) is 0.760. The number of fused-ring (bicyclic) bond motifs is 1. The predicted molar refractivity (Wildman–Crippen MR) is 86.7 cm³/mol. The Kier molecular flexibility index (Phi) is 3.55. The van der Waals surface area contributed by atoms with Crippen LogP contribution in [0.5, 0.6) is 0 Å². The monoisotopic (exact) mass is 326 g/mol. The van der Waals surface area contributed by atoms with Crippen LogP contribution in [-0.4, -0.2) is 4.98 Å². The highest BCUT2D eigenvalue weighted by Gasteiger charge is 2.13. The highest BCUT2D eigenvalue weighted by molar-refractivity contribution is 9.10. The molecule has 1 aromatic heterocycles. The van der Waals surface area contributed by atoms with Gasteiger partial charge in [0.25, 0.3) is 0 Å². The molecule has 100 valence electrons. The number of hydrogen-bond acceptors (Lipinski definition) is 2. The molecule has 0 amide bonds. The molecule has 3 aromatic rings. The molecule has 3 rings (SSSR count). The minimum atomic E-state index is -0.162. The molecule has 3 heteroatoms. The molecule has 0 saturated heterocycles. The van der Waals surface area contributed by atoms with Gasteiger partial charge in [0.15, 0.2) is 0 Å². The topological polar surface area (TPSA) is 38.9 Å². The fraction of sp³-hybridized carbons (Fsp3) is 0.118. The molecule has 2 aromatic carbocycles. The van der Waals surface area contributed by atoms with E-state index in [1.807, 2.05) is 30.5 Å². The van der Waals surface area contributed by atoms with Crippen molar-refractivity contribution >= 4 is 26.8 Å². The van der Waals surface area contributed by atoms with E-state index in [4.69, 9.17) is 5.73 Å². The zero-order valence-corrected chi connectivity index (χ0v) is 12.8. The lowest BCUT2D eigenvalue weighted by Gasteiger charge is -2.16. The number of hydrogen-bond donors (Lipinski definition) is 1. The number of benzene rings is 2. The van der Waals surface area contributed by atoms with Crippen LogP contribution in [0, 0.1) is 6.92 Å². The maximum absolute atomic E-state index is 6.42. The molecule has 0 fully saturated rings. The summed E-state index contributed by atoms with van der Waals surface area (Å²) in [5.74, 6) is 0. The van der Waals surface area contributed by atoms with E-state index in [1.165, 1.54) is 5.56 Å². The summed E-state index contributed by atoms with van der Waals surface area (Å²) in [7, 11) is 0. The van der Waals surface area contributed by atoms with E-state index < -0.39 is 0 Å². The van der Waals surface area contributed by atoms with Crippen LogP contribution >= 0.6 is 15.9 Å². The molecule has 1 unspecified atom stereocenters. The maximum Gasteiger partial charge on any atom is 0.0702 e. The Morgan fingerprint density at radius 2 is 1.90 bits per heavy atom. The molecule has 0 aliphatic carbocycles. The van der Waals surface area contributed by atoms with E-state index >= 15 is 0 Å². The van der Waals surface area contributed by atoms with Crippen LogP contribution in [0.1, 0.15) is 22.7 Å². The lowest BCUT2D eigenvalue weighted by atomic mass is 9.96. The number of halogens is 1. The first-order chi connectivity index (χ1) is 9.65. The molecule has 20 heavy (non-hydrogen) atoms. The molecule has 0 saturated carbocycles. The molecule has 0 aliphatic heterocycles. The zero-order valence-electron chi connectivity index (χ0n) is 11.2. The number of aromatic nitrogens is 1. The molecule has 2 nitrogen and oxygen atoms in total. The second kappa shape index (κ2) is 5.35. The van der Waals surface area contributed by atoms with E-state index in [2.05, 4.69) is 52.1 Å². The Hall–Kier alpha value is -1.71. The van der Waals surface area contributed by atoms with Crippen LogP contribution in [0.3, 0.4) is 0 Å². The fourth-order valence-corrected chi connectivity index (χ4v) is 2.76. The van der Waals surface area contributed by atoms with Gasteiger partial charge in [-0.1, -0.05) is 40.2 Å². The van der Waals surface area contributed by atoms with Crippen molar-refractivity contribution in [3.05, 3.63) is 75.9 Å². The van der Waals surface area contributed by atoms with Crippen molar-refractivity contribution in [3.63, 3.8) is 0 Å². The Morgan fingerprint density at radius 3 is 2.75 bits per heavy atom. The van der Waals surface area contributed by atoms with Gasteiger partial charge in [-0.15, -0.1) is 0 Å². The summed E-state index contributed by atoms with van der Waals surface area (Å²) in [5.41, 5.74) is 10.8. The van der Waals surface area contributed by atoms with Crippen molar-refractivity contribution in [2.45, 2.75) is 13.0 Å². The standard InChI is InChI=1S/C17H15BrN2/c1-11-6-7-14(18)9-15(11)17(19)13-8-12-4-2-3-5-16(12)20-10-13/h2-10,17H,19H2,1H3. The second-order valence-electron chi connectivity index (χ2n) is 4.94. The molecule has 0 bridgehead atoms. The van der Waals surface area contributed by atoms with Crippen molar-refractivity contribution in [1.29, 1.82) is 0 Å². The van der Waals surface area contributed by atoms with E-state index in [9.17, 15) is 0 Å². The van der Waals surface area contributed by atoms with E-state index in [0.29, 0.717) is 0 Å². The first kappa shape index (κ1) is 13.3. The van der Waals surface area contributed by atoms with Crippen molar-refractivity contribution in [2.24, 2.45) is 5.73 Å².